The zero-order chi connectivity index (χ0) is 16.3. The Morgan fingerprint density at radius 2 is 2.23 bits per heavy atom. The monoisotopic (exact) mass is 340 g/mol. The van der Waals surface area contributed by atoms with Gasteiger partial charge in [0, 0.05) is 24.0 Å². The highest BCUT2D eigenvalue weighted by molar-refractivity contribution is 7.80. The van der Waals surface area contributed by atoms with E-state index in [0.717, 1.165) is 17.8 Å². The molecule has 0 spiro atoms. The van der Waals surface area contributed by atoms with Gasteiger partial charge in [-0.25, -0.2) is 4.39 Å². The minimum atomic E-state index is -0.456. The number of benzene rings is 1. The van der Waals surface area contributed by atoms with Crippen LogP contribution in [0.5, 0.6) is 0 Å². The molecule has 2 aromatic rings. The molecular weight excluding hydrogens is 323 g/mol. The SMILES string of the molecule is CCn1cc([C@H](C)NC(=S)Nc2ccc(F)c(Cl)c2)c(C)n1. The molecule has 2 N–H and O–H groups in total. The molecule has 0 aliphatic heterocycles. The molecule has 7 heteroatoms. The van der Waals surface area contributed by atoms with Gasteiger partial charge in [-0.3, -0.25) is 4.68 Å². The molecule has 2 rings (SSSR count). The van der Waals surface area contributed by atoms with Crippen LogP contribution in [0.2, 0.25) is 5.02 Å². The molecular formula is C15H18ClFN4S. The molecule has 22 heavy (non-hydrogen) atoms. The number of halogens is 2. The van der Waals surface area contributed by atoms with Crippen molar-refractivity contribution in [2.75, 3.05) is 5.32 Å². The molecule has 4 nitrogen and oxygen atoms in total. The zero-order valence-corrected chi connectivity index (χ0v) is 14.2. The average molecular weight is 341 g/mol. The third-order valence-electron chi connectivity index (χ3n) is 3.30. The van der Waals surface area contributed by atoms with E-state index in [0.29, 0.717) is 10.8 Å². The van der Waals surface area contributed by atoms with Gasteiger partial charge in [-0.2, -0.15) is 5.10 Å². The van der Waals surface area contributed by atoms with Crippen molar-refractivity contribution in [2.24, 2.45) is 0 Å². The quantitative estimate of drug-likeness (QED) is 0.824. The second kappa shape index (κ2) is 7.07. The van der Waals surface area contributed by atoms with E-state index in [9.17, 15) is 4.39 Å². The number of aryl methyl sites for hydroxylation is 2. The summed E-state index contributed by atoms with van der Waals surface area (Å²) in [7, 11) is 0. The summed E-state index contributed by atoms with van der Waals surface area (Å²) >= 11 is 11.0. The number of hydrogen-bond acceptors (Lipinski definition) is 2. The zero-order valence-electron chi connectivity index (χ0n) is 12.7. The lowest BCUT2D eigenvalue weighted by molar-refractivity contribution is 0.628. The standard InChI is InChI=1S/C15H18ClFN4S/c1-4-21-8-12(10(3)20-21)9(2)18-15(22)19-11-5-6-14(17)13(16)7-11/h5-9H,4H2,1-3H3,(H2,18,19,22)/t9-/m0/s1. The molecule has 0 fully saturated rings. The Bertz CT molecular complexity index is 686. The van der Waals surface area contributed by atoms with E-state index in [4.69, 9.17) is 23.8 Å². The van der Waals surface area contributed by atoms with E-state index in [1.165, 1.54) is 12.1 Å². The van der Waals surface area contributed by atoms with Crippen molar-refractivity contribution in [1.82, 2.24) is 15.1 Å². The van der Waals surface area contributed by atoms with Gasteiger partial charge < -0.3 is 10.6 Å². The van der Waals surface area contributed by atoms with Crippen molar-refractivity contribution in [3.63, 3.8) is 0 Å². The van der Waals surface area contributed by atoms with Crippen molar-refractivity contribution in [3.8, 4) is 0 Å². The van der Waals surface area contributed by atoms with Crippen molar-refractivity contribution in [2.45, 2.75) is 33.4 Å². The summed E-state index contributed by atoms with van der Waals surface area (Å²) in [5.41, 5.74) is 2.69. The molecule has 1 atom stereocenters. The van der Waals surface area contributed by atoms with Gasteiger partial charge in [-0.1, -0.05) is 11.6 Å². The molecule has 0 unspecified atom stereocenters. The maximum absolute atomic E-state index is 13.1. The van der Waals surface area contributed by atoms with Gasteiger partial charge in [0.05, 0.1) is 16.8 Å². The molecule has 0 bridgehead atoms. The van der Waals surface area contributed by atoms with E-state index in [-0.39, 0.29) is 11.1 Å². The van der Waals surface area contributed by atoms with Crippen molar-refractivity contribution >= 4 is 34.6 Å². The first-order valence-electron chi connectivity index (χ1n) is 6.97. The van der Waals surface area contributed by atoms with E-state index in [1.54, 1.807) is 6.07 Å². The lowest BCUT2D eigenvalue weighted by atomic mass is 10.1. The predicted octanol–water partition coefficient (Wildman–Crippen LogP) is 4.05. The Morgan fingerprint density at radius 3 is 2.82 bits per heavy atom. The first kappa shape index (κ1) is 16.7. The number of nitrogens with one attached hydrogen (secondary N) is 2. The summed E-state index contributed by atoms with van der Waals surface area (Å²) in [4.78, 5) is 0. The van der Waals surface area contributed by atoms with Crippen LogP contribution >= 0.6 is 23.8 Å². The highest BCUT2D eigenvalue weighted by atomic mass is 35.5. The third kappa shape index (κ3) is 3.96. The van der Waals surface area contributed by atoms with Crippen LogP contribution in [0.3, 0.4) is 0 Å². The number of nitrogens with zero attached hydrogens (tertiary/aromatic N) is 2. The van der Waals surface area contributed by atoms with Gasteiger partial charge in [0.15, 0.2) is 5.11 Å². The van der Waals surface area contributed by atoms with Crippen LogP contribution < -0.4 is 10.6 Å². The molecule has 1 heterocycles. The van der Waals surface area contributed by atoms with E-state index < -0.39 is 5.82 Å². The Kier molecular flexibility index (Phi) is 5.37. The predicted molar refractivity (Wildman–Crippen MR) is 91.8 cm³/mol. The molecule has 0 amide bonds. The minimum Gasteiger partial charge on any atom is -0.356 e. The van der Waals surface area contributed by atoms with Crippen molar-refractivity contribution < 1.29 is 4.39 Å². The second-order valence-electron chi connectivity index (χ2n) is 4.97. The molecule has 0 aliphatic rings. The van der Waals surface area contributed by atoms with Crippen LogP contribution in [0.1, 0.15) is 31.1 Å². The van der Waals surface area contributed by atoms with Gasteiger partial charge in [-0.05, 0) is 51.2 Å². The topological polar surface area (TPSA) is 41.9 Å². The number of thiocarbonyl (C=S) groups is 1. The summed E-state index contributed by atoms with van der Waals surface area (Å²) in [5, 5.41) is 11.1. The van der Waals surface area contributed by atoms with Crippen molar-refractivity contribution in [3.05, 3.63) is 46.5 Å². The van der Waals surface area contributed by atoms with Gasteiger partial charge >= 0.3 is 0 Å². The number of rotatable bonds is 4. The molecule has 0 saturated heterocycles. The summed E-state index contributed by atoms with van der Waals surface area (Å²) in [6.07, 6.45) is 2.00. The van der Waals surface area contributed by atoms with E-state index in [2.05, 4.69) is 15.7 Å². The molecule has 1 aromatic carbocycles. The fraction of sp³-hybridized carbons (Fsp3) is 0.333. The van der Waals surface area contributed by atoms with Gasteiger partial charge in [0.2, 0.25) is 0 Å². The summed E-state index contributed by atoms with van der Waals surface area (Å²) in [6, 6.07) is 4.39. The van der Waals surface area contributed by atoms with Crippen LogP contribution in [-0.2, 0) is 6.54 Å². The van der Waals surface area contributed by atoms with E-state index in [1.807, 2.05) is 31.6 Å². The molecule has 0 saturated carbocycles. The molecule has 118 valence electrons. The van der Waals surface area contributed by atoms with Crippen LogP contribution in [0, 0.1) is 12.7 Å². The third-order valence-corrected chi connectivity index (χ3v) is 3.81. The Balaban J connectivity index is 2.01. The molecule has 1 aromatic heterocycles. The number of anilines is 1. The first-order valence-corrected chi connectivity index (χ1v) is 7.75. The Hall–Kier alpha value is -1.66. The second-order valence-corrected chi connectivity index (χ2v) is 5.79. The maximum atomic E-state index is 13.1. The lowest BCUT2D eigenvalue weighted by Crippen LogP contribution is -2.31. The fourth-order valence-corrected chi connectivity index (χ4v) is 2.61. The first-order chi connectivity index (χ1) is 10.4. The van der Waals surface area contributed by atoms with Crippen LogP contribution in [-0.4, -0.2) is 14.9 Å². The Morgan fingerprint density at radius 1 is 1.50 bits per heavy atom. The van der Waals surface area contributed by atoms with Gasteiger partial charge in [-0.15, -0.1) is 0 Å². The largest absolute Gasteiger partial charge is 0.356 e. The molecule has 0 radical (unpaired) electrons. The normalized spacial score (nSPS) is 12.0. The highest BCUT2D eigenvalue weighted by Gasteiger charge is 2.13. The summed E-state index contributed by atoms with van der Waals surface area (Å²) in [6.45, 7) is 6.84. The minimum absolute atomic E-state index is 0.0104. The van der Waals surface area contributed by atoms with Crippen molar-refractivity contribution in [1.29, 1.82) is 0 Å². The lowest BCUT2D eigenvalue weighted by Gasteiger charge is -2.16. The van der Waals surface area contributed by atoms with Gasteiger partial charge in [0.25, 0.3) is 0 Å². The number of hydrogen-bond donors (Lipinski definition) is 2. The fourth-order valence-electron chi connectivity index (χ4n) is 2.14. The average Bonchev–Trinajstić information content (AvgIpc) is 2.84. The van der Waals surface area contributed by atoms with Crippen LogP contribution in [0.15, 0.2) is 24.4 Å². The maximum Gasteiger partial charge on any atom is 0.171 e. The number of aromatic nitrogens is 2. The van der Waals surface area contributed by atoms with Gasteiger partial charge in [0.1, 0.15) is 5.82 Å². The molecule has 0 aliphatic carbocycles. The Labute approximate surface area is 139 Å². The summed E-state index contributed by atoms with van der Waals surface area (Å²) in [5.74, 6) is -0.456. The summed E-state index contributed by atoms with van der Waals surface area (Å²) < 4.78 is 15.0. The highest BCUT2D eigenvalue weighted by Crippen LogP contribution is 2.20. The smallest absolute Gasteiger partial charge is 0.171 e. The van der Waals surface area contributed by atoms with Crippen LogP contribution in [0.25, 0.3) is 0 Å². The van der Waals surface area contributed by atoms with E-state index >= 15 is 0 Å². The van der Waals surface area contributed by atoms with Crippen LogP contribution in [0.4, 0.5) is 10.1 Å².